The van der Waals surface area contributed by atoms with Crippen LogP contribution in [-0.2, 0) is 23.2 Å². The van der Waals surface area contributed by atoms with Crippen molar-refractivity contribution in [3.8, 4) is 0 Å². The second-order valence-electron chi connectivity index (χ2n) is 4.74. The number of aliphatic hydroxyl groups excluding tert-OH is 1. The number of hydrogen-bond acceptors (Lipinski definition) is 5. The maximum atomic E-state index is 12.6. The van der Waals surface area contributed by atoms with E-state index in [4.69, 9.17) is 9.52 Å². The predicted octanol–water partition coefficient (Wildman–Crippen LogP) is 2.19. The first-order valence-electron chi connectivity index (χ1n) is 6.35. The van der Waals surface area contributed by atoms with E-state index in [1.165, 1.54) is 16.4 Å². The smallest absolute Gasteiger partial charge is 0.277 e. The molecular formula is C13H15NO4S2. The van der Waals surface area contributed by atoms with Gasteiger partial charge in [0.2, 0.25) is 5.09 Å². The van der Waals surface area contributed by atoms with Crippen molar-refractivity contribution in [3.63, 3.8) is 0 Å². The molecule has 0 radical (unpaired) electrons. The third kappa shape index (κ3) is 2.67. The average Bonchev–Trinajstić information content (AvgIpc) is 2.96. The van der Waals surface area contributed by atoms with Gasteiger partial charge in [0, 0.05) is 17.5 Å². The molecular weight excluding hydrogens is 298 g/mol. The van der Waals surface area contributed by atoms with Gasteiger partial charge in [0.25, 0.3) is 10.0 Å². The molecule has 2 aromatic heterocycles. The third-order valence-electron chi connectivity index (χ3n) is 3.20. The van der Waals surface area contributed by atoms with Crippen LogP contribution in [-0.4, -0.2) is 23.9 Å². The van der Waals surface area contributed by atoms with E-state index in [9.17, 15) is 8.42 Å². The monoisotopic (exact) mass is 313 g/mol. The van der Waals surface area contributed by atoms with E-state index in [1.54, 1.807) is 11.3 Å². The molecule has 2 aromatic rings. The number of nitrogens with zero attached hydrogens (tertiary/aromatic N) is 1. The fraction of sp³-hybridized carbons (Fsp3) is 0.385. The third-order valence-corrected chi connectivity index (χ3v) is 5.84. The number of hydrogen-bond donors (Lipinski definition) is 1. The van der Waals surface area contributed by atoms with E-state index in [2.05, 4.69) is 0 Å². The Balaban J connectivity index is 1.89. The van der Waals surface area contributed by atoms with Crippen LogP contribution in [0.5, 0.6) is 0 Å². The molecule has 3 rings (SSSR count). The molecule has 7 heteroatoms. The summed E-state index contributed by atoms with van der Waals surface area (Å²) in [5, 5.41) is 10.8. The lowest BCUT2D eigenvalue weighted by molar-refractivity contribution is 0.234. The lowest BCUT2D eigenvalue weighted by atomic mass is 10.4. The summed E-state index contributed by atoms with van der Waals surface area (Å²) in [6, 6.07) is 6.80. The first kappa shape index (κ1) is 13.8. The zero-order valence-electron chi connectivity index (χ0n) is 10.7. The average molecular weight is 313 g/mol. The Morgan fingerprint density at radius 3 is 2.70 bits per heavy atom. The summed E-state index contributed by atoms with van der Waals surface area (Å²) in [5.74, 6) is 0.260. The van der Waals surface area contributed by atoms with Crippen molar-refractivity contribution in [2.24, 2.45) is 0 Å². The number of sulfonamides is 1. The lowest BCUT2D eigenvalue weighted by Gasteiger charge is -2.19. The predicted molar refractivity (Wildman–Crippen MR) is 74.7 cm³/mol. The largest absolute Gasteiger partial charge is 0.446 e. The molecule has 0 aromatic carbocycles. The van der Waals surface area contributed by atoms with Gasteiger partial charge < -0.3 is 9.52 Å². The minimum Gasteiger partial charge on any atom is -0.446 e. The summed E-state index contributed by atoms with van der Waals surface area (Å²) < 4.78 is 31.9. The summed E-state index contributed by atoms with van der Waals surface area (Å²) >= 11 is 1.54. The molecule has 0 amide bonds. The van der Waals surface area contributed by atoms with Gasteiger partial charge in [0.05, 0.1) is 0 Å². The van der Waals surface area contributed by atoms with Gasteiger partial charge in [-0.25, -0.2) is 8.42 Å². The van der Waals surface area contributed by atoms with Crippen LogP contribution in [0.1, 0.15) is 23.5 Å². The van der Waals surface area contributed by atoms with Crippen LogP contribution < -0.4 is 0 Å². The number of thiophene rings is 1. The number of aliphatic hydroxyl groups is 1. The standard InChI is InChI=1S/C13H15NO4S2/c15-9-11-5-6-13(18-11)20(16,17)14(10-3-4-10)8-12-2-1-7-19-12/h1-2,5-7,10,15H,3-4,8-9H2. The summed E-state index contributed by atoms with van der Waals surface area (Å²) in [5.41, 5.74) is 0. The van der Waals surface area contributed by atoms with Gasteiger partial charge >= 0.3 is 0 Å². The molecule has 5 nitrogen and oxygen atoms in total. The maximum absolute atomic E-state index is 12.6. The Morgan fingerprint density at radius 1 is 1.35 bits per heavy atom. The topological polar surface area (TPSA) is 70.8 Å². The van der Waals surface area contributed by atoms with E-state index < -0.39 is 10.0 Å². The fourth-order valence-corrected chi connectivity index (χ4v) is 4.41. The van der Waals surface area contributed by atoms with Crippen molar-refractivity contribution in [2.75, 3.05) is 0 Å². The fourth-order valence-electron chi connectivity index (χ4n) is 2.03. The van der Waals surface area contributed by atoms with Crippen molar-refractivity contribution in [1.82, 2.24) is 4.31 Å². The molecule has 108 valence electrons. The van der Waals surface area contributed by atoms with E-state index in [1.807, 2.05) is 17.5 Å². The van der Waals surface area contributed by atoms with Crippen LogP contribution in [0.15, 0.2) is 39.2 Å². The normalized spacial score (nSPS) is 15.9. The van der Waals surface area contributed by atoms with E-state index in [-0.39, 0.29) is 23.5 Å². The minimum absolute atomic E-state index is 0.0600. The highest BCUT2D eigenvalue weighted by atomic mass is 32.2. The summed E-state index contributed by atoms with van der Waals surface area (Å²) in [4.78, 5) is 1.01. The molecule has 1 aliphatic rings. The lowest BCUT2D eigenvalue weighted by Crippen LogP contribution is -2.32. The first-order chi connectivity index (χ1) is 9.61. The molecule has 1 saturated carbocycles. The molecule has 20 heavy (non-hydrogen) atoms. The second-order valence-corrected chi connectivity index (χ2v) is 7.59. The molecule has 1 fully saturated rings. The van der Waals surface area contributed by atoms with Gasteiger partial charge in [0.1, 0.15) is 12.4 Å². The van der Waals surface area contributed by atoms with Crippen LogP contribution in [0.4, 0.5) is 0 Å². The molecule has 0 saturated heterocycles. The van der Waals surface area contributed by atoms with Crippen LogP contribution in [0, 0.1) is 0 Å². The summed E-state index contributed by atoms with van der Waals surface area (Å²) in [6.07, 6.45) is 1.77. The van der Waals surface area contributed by atoms with E-state index in [0.29, 0.717) is 6.54 Å². The number of furan rings is 1. The van der Waals surface area contributed by atoms with Gasteiger partial charge in [-0.15, -0.1) is 11.3 Å². The molecule has 1 aliphatic carbocycles. The highest BCUT2D eigenvalue weighted by molar-refractivity contribution is 7.89. The van der Waals surface area contributed by atoms with Crippen molar-refractivity contribution >= 4 is 21.4 Å². The molecule has 2 heterocycles. The molecule has 0 unspecified atom stereocenters. The van der Waals surface area contributed by atoms with Crippen LogP contribution in [0.3, 0.4) is 0 Å². The Hall–Kier alpha value is -1.15. The summed E-state index contributed by atoms with van der Waals surface area (Å²) in [6.45, 7) is 0.0731. The van der Waals surface area contributed by atoms with E-state index >= 15 is 0 Å². The quantitative estimate of drug-likeness (QED) is 0.887. The minimum atomic E-state index is -3.64. The molecule has 0 aliphatic heterocycles. The van der Waals surface area contributed by atoms with Crippen LogP contribution >= 0.6 is 11.3 Å². The van der Waals surface area contributed by atoms with Gasteiger partial charge in [-0.05, 0) is 36.4 Å². The molecule has 1 N–H and O–H groups in total. The second kappa shape index (κ2) is 5.33. The number of rotatable bonds is 6. The SMILES string of the molecule is O=S(=O)(c1ccc(CO)o1)N(Cc1cccs1)C1CC1. The Bertz CT molecular complexity index is 671. The molecule has 0 spiro atoms. The zero-order chi connectivity index (χ0) is 14.2. The highest BCUT2D eigenvalue weighted by Crippen LogP contribution is 2.34. The van der Waals surface area contributed by atoms with Crippen molar-refractivity contribution in [2.45, 2.75) is 37.1 Å². The van der Waals surface area contributed by atoms with Crippen molar-refractivity contribution < 1.29 is 17.9 Å². The van der Waals surface area contributed by atoms with Gasteiger partial charge in [-0.1, -0.05) is 6.07 Å². The zero-order valence-corrected chi connectivity index (χ0v) is 12.4. The van der Waals surface area contributed by atoms with Crippen LogP contribution in [0.2, 0.25) is 0 Å². The van der Waals surface area contributed by atoms with E-state index in [0.717, 1.165) is 17.7 Å². The first-order valence-corrected chi connectivity index (χ1v) is 8.67. The van der Waals surface area contributed by atoms with Crippen LogP contribution in [0.25, 0.3) is 0 Å². The highest BCUT2D eigenvalue weighted by Gasteiger charge is 2.39. The van der Waals surface area contributed by atoms with Gasteiger partial charge in [0.15, 0.2) is 0 Å². The van der Waals surface area contributed by atoms with Crippen molar-refractivity contribution in [1.29, 1.82) is 0 Å². The Labute approximate surface area is 121 Å². The van der Waals surface area contributed by atoms with Crippen molar-refractivity contribution in [3.05, 3.63) is 40.3 Å². The maximum Gasteiger partial charge on any atom is 0.277 e. The van der Waals surface area contributed by atoms with Gasteiger partial charge in [-0.3, -0.25) is 0 Å². The molecule has 0 bridgehead atoms. The molecule has 0 atom stereocenters. The Morgan fingerprint density at radius 2 is 2.15 bits per heavy atom. The van der Waals surface area contributed by atoms with Gasteiger partial charge in [-0.2, -0.15) is 4.31 Å². The Kier molecular flexibility index (Phi) is 3.68. The summed E-state index contributed by atoms with van der Waals surface area (Å²) in [7, 11) is -3.64.